The summed E-state index contributed by atoms with van der Waals surface area (Å²) in [5.74, 6) is -4.57. The number of aromatic nitrogens is 2. The van der Waals surface area contributed by atoms with Crippen LogP contribution in [-0.4, -0.2) is 46.4 Å². The monoisotopic (exact) mass is 718 g/mol. The summed E-state index contributed by atoms with van der Waals surface area (Å²) in [7, 11) is 0. The summed E-state index contributed by atoms with van der Waals surface area (Å²) < 4.78 is 79.3. The molecule has 0 saturated heterocycles. The zero-order chi connectivity index (χ0) is 35.5. The van der Waals surface area contributed by atoms with Crippen LogP contribution in [0.1, 0.15) is 39.1 Å². The third-order valence-electron chi connectivity index (χ3n) is 8.12. The topological polar surface area (TPSA) is 137 Å². The largest absolute Gasteiger partial charge is 0.573 e. The molecule has 1 aliphatic heterocycles. The first-order valence-corrected chi connectivity index (χ1v) is 15.6. The molecule has 2 aromatic heterocycles. The molecule has 0 spiro atoms. The highest BCUT2D eigenvalue weighted by Gasteiger charge is 2.46. The fourth-order valence-corrected chi connectivity index (χ4v) is 6.54. The molecular weight excluding hydrogens is 695 g/mol. The highest BCUT2D eigenvalue weighted by atomic mass is 35.5. The van der Waals surface area contributed by atoms with E-state index in [1.165, 1.54) is 31.2 Å². The number of carbonyl (C=O) groups excluding carboxylic acids is 2. The van der Waals surface area contributed by atoms with E-state index < -0.39 is 58.1 Å². The minimum absolute atomic E-state index is 0.0589. The highest BCUT2D eigenvalue weighted by Crippen LogP contribution is 2.47. The molecule has 0 fully saturated rings. The van der Waals surface area contributed by atoms with Crippen molar-refractivity contribution < 1.29 is 46.1 Å². The highest BCUT2D eigenvalue weighted by molar-refractivity contribution is 7.18. The van der Waals surface area contributed by atoms with Crippen LogP contribution in [0, 0.1) is 18.6 Å². The Morgan fingerprint density at radius 3 is 2.49 bits per heavy atom. The SMILES string of the molecule is Cc1nc2c(OC(F)(F)F)cc(C(=O)NC[C@@](O)(c3ccccc3)c3cc4c(c(-c5cc(Cl)c(F)cc5F)n3)OC[C@]4(C)C(N)=O)cc2s1. The van der Waals surface area contributed by atoms with Gasteiger partial charge in [0.2, 0.25) is 5.91 Å². The molecule has 0 aliphatic carbocycles. The lowest BCUT2D eigenvalue weighted by atomic mass is 9.80. The van der Waals surface area contributed by atoms with Crippen molar-refractivity contribution in [3.63, 3.8) is 0 Å². The Bertz CT molecular complexity index is 2150. The van der Waals surface area contributed by atoms with Crippen molar-refractivity contribution in [2.75, 3.05) is 13.2 Å². The maximum atomic E-state index is 15.3. The zero-order valence-corrected chi connectivity index (χ0v) is 27.0. The second kappa shape index (κ2) is 12.2. The summed E-state index contributed by atoms with van der Waals surface area (Å²) in [4.78, 5) is 34.8. The molecule has 16 heteroatoms. The molecule has 1 aliphatic rings. The van der Waals surface area contributed by atoms with Gasteiger partial charge in [-0.15, -0.1) is 24.5 Å². The number of benzene rings is 3. The number of halogens is 6. The molecule has 2 atom stereocenters. The van der Waals surface area contributed by atoms with Gasteiger partial charge in [-0.2, -0.15) is 0 Å². The van der Waals surface area contributed by atoms with E-state index in [4.69, 9.17) is 22.1 Å². The molecule has 6 rings (SSSR count). The number of hydrogen-bond donors (Lipinski definition) is 3. The number of nitrogens with zero attached hydrogens (tertiary/aromatic N) is 2. The lowest BCUT2D eigenvalue weighted by Crippen LogP contribution is -2.43. The van der Waals surface area contributed by atoms with Crippen molar-refractivity contribution >= 4 is 45.0 Å². The lowest BCUT2D eigenvalue weighted by Gasteiger charge is -2.30. The average molecular weight is 719 g/mol. The molecule has 0 bridgehead atoms. The summed E-state index contributed by atoms with van der Waals surface area (Å²) in [5, 5.41) is 15.0. The molecule has 3 heterocycles. The Morgan fingerprint density at radius 2 is 1.82 bits per heavy atom. The number of amides is 2. The van der Waals surface area contributed by atoms with E-state index in [9.17, 15) is 32.3 Å². The van der Waals surface area contributed by atoms with Crippen LogP contribution in [0.25, 0.3) is 21.5 Å². The minimum atomic E-state index is -5.07. The first-order chi connectivity index (χ1) is 23.0. The van der Waals surface area contributed by atoms with E-state index in [1.807, 2.05) is 0 Å². The van der Waals surface area contributed by atoms with Crippen LogP contribution in [0.5, 0.6) is 11.5 Å². The smallest absolute Gasteiger partial charge is 0.489 e. The van der Waals surface area contributed by atoms with Gasteiger partial charge in [-0.3, -0.25) is 9.59 Å². The van der Waals surface area contributed by atoms with Crippen LogP contribution in [0.15, 0.2) is 60.7 Å². The normalized spacial score (nSPS) is 16.9. The number of rotatable bonds is 8. The number of aryl methyl sites for hydroxylation is 1. The van der Waals surface area contributed by atoms with Gasteiger partial charge in [-0.1, -0.05) is 41.9 Å². The predicted octanol–water partition coefficient (Wildman–Crippen LogP) is 6.30. The molecule has 49 heavy (non-hydrogen) atoms. The van der Waals surface area contributed by atoms with Gasteiger partial charge >= 0.3 is 6.36 Å². The van der Waals surface area contributed by atoms with Gasteiger partial charge in [0.25, 0.3) is 5.91 Å². The van der Waals surface area contributed by atoms with E-state index in [0.29, 0.717) is 11.1 Å². The van der Waals surface area contributed by atoms with Crippen LogP contribution in [-0.2, 0) is 15.8 Å². The standard InChI is InChI=1S/C33H24ClF5N4O5S/c1-15-42-27-23(48-33(37,38)39)8-16(9-24(27)49-15)29(44)41-13-32(46,17-6-4-3-5-7-17)25-11-19-28(47-14-31(19,2)30(40)45)26(43-25)18-10-20(34)22(36)12-21(18)35/h3-12,46H,13-14H2,1-2H3,(H2,40,45)(H,41,44)/t31-,32+/m0/s1. The van der Waals surface area contributed by atoms with Crippen molar-refractivity contribution in [3.05, 3.63) is 105 Å². The van der Waals surface area contributed by atoms with Gasteiger partial charge in [-0.25, -0.2) is 18.7 Å². The summed E-state index contributed by atoms with van der Waals surface area (Å²) in [6.07, 6.45) is -5.07. The summed E-state index contributed by atoms with van der Waals surface area (Å²) >= 11 is 7.04. The van der Waals surface area contributed by atoms with E-state index in [-0.39, 0.29) is 56.2 Å². The number of hydrogen-bond acceptors (Lipinski definition) is 8. The van der Waals surface area contributed by atoms with E-state index in [0.717, 1.165) is 23.5 Å². The number of thiazole rings is 1. The molecule has 5 aromatic rings. The van der Waals surface area contributed by atoms with Crippen molar-refractivity contribution in [3.8, 4) is 22.8 Å². The van der Waals surface area contributed by atoms with Crippen molar-refractivity contribution in [2.24, 2.45) is 5.73 Å². The minimum Gasteiger partial charge on any atom is -0.489 e. The van der Waals surface area contributed by atoms with E-state index in [1.54, 1.807) is 25.1 Å². The molecule has 3 aromatic carbocycles. The van der Waals surface area contributed by atoms with E-state index in [2.05, 4.69) is 20.0 Å². The summed E-state index contributed by atoms with van der Waals surface area (Å²) in [6, 6.07) is 12.9. The maximum Gasteiger partial charge on any atom is 0.573 e. The molecule has 0 radical (unpaired) electrons. The summed E-state index contributed by atoms with van der Waals surface area (Å²) in [6.45, 7) is 2.16. The Labute approximate surface area is 283 Å². The van der Waals surface area contributed by atoms with E-state index >= 15 is 4.39 Å². The third-order valence-corrected chi connectivity index (χ3v) is 9.32. The average Bonchev–Trinajstić information content (AvgIpc) is 3.60. The number of alkyl halides is 3. The van der Waals surface area contributed by atoms with Gasteiger partial charge in [0.1, 0.15) is 46.2 Å². The van der Waals surface area contributed by atoms with Gasteiger partial charge in [0, 0.05) is 22.8 Å². The first kappa shape index (κ1) is 34.0. The summed E-state index contributed by atoms with van der Waals surface area (Å²) in [5.41, 5.74) is 1.27. The van der Waals surface area contributed by atoms with Gasteiger partial charge in [-0.05, 0) is 43.7 Å². The van der Waals surface area contributed by atoms with Crippen LogP contribution < -0.4 is 20.5 Å². The molecular formula is C33H24ClF5N4O5S. The predicted molar refractivity (Wildman–Crippen MR) is 169 cm³/mol. The Morgan fingerprint density at radius 1 is 1.10 bits per heavy atom. The van der Waals surface area contributed by atoms with Crippen molar-refractivity contribution in [1.82, 2.24) is 15.3 Å². The number of primary amides is 1. The number of nitrogens with two attached hydrogens (primary N) is 1. The zero-order valence-electron chi connectivity index (χ0n) is 25.4. The fraction of sp³-hybridized carbons (Fsp3) is 0.212. The number of pyridine rings is 1. The fourth-order valence-electron chi connectivity index (χ4n) is 5.49. The molecule has 0 saturated carbocycles. The van der Waals surface area contributed by atoms with Crippen LogP contribution in [0.4, 0.5) is 22.0 Å². The van der Waals surface area contributed by atoms with Gasteiger partial charge in [0.05, 0.1) is 27.0 Å². The molecule has 9 nitrogen and oxygen atoms in total. The van der Waals surface area contributed by atoms with Crippen molar-refractivity contribution in [2.45, 2.75) is 31.2 Å². The second-order valence-corrected chi connectivity index (χ2v) is 13.1. The third kappa shape index (κ3) is 6.24. The Kier molecular flexibility index (Phi) is 8.49. The molecule has 4 N–H and O–H groups in total. The lowest BCUT2D eigenvalue weighted by molar-refractivity contribution is -0.274. The maximum absolute atomic E-state index is 15.3. The molecule has 2 amide bonds. The quantitative estimate of drug-likeness (QED) is 0.127. The Balaban J connectivity index is 1.48. The van der Waals surface area contributed by atoms with Gasteiger partial charge in [0.15, 0.2) is 5.75 Å². The van der Waals surface area contributed by atoms with Crippen LogP contribution in [0.2, 0.25) is 5.02 Å². The number of fused-ring (bicyclic) bond motifs is 2. The number of ether oxygens (including phenoxy) is 2. The van der Waals surface area contributed by atoms with Gasteiger partial charge < -0.3 is 25.6 Å². The Hall–Kier alpha value is -4.86. The second-order valence-electron chi connectivity index (χ2n) is 11.5. The first-order valence-electron chi connectivity index (χ1n) is 14.4. The number of carbonyl (C=O) groups is 2. The van der Waals surface area contributed by atoms with Crippen LogP contribution in [0.3, 0.4) is 0 Å². The van der Waals surface area contributed by atoms with Crippen LogP contribution >= 0.6 is 22.9 Å². The van der Waals surface area contributed by atoms with Crippen molar-refractivity contribution in [1.29, 1.82) is 0 Å². The molecule has 0 unspecified atom stereocenters. The number of nitrogens with one attached hydrogen (secondary N) is 1. The number of aliphatic hydroxyl groups is 1. The molecule has 254 valence electrons.